The molecule has 2 aliphatic rings. The quantitative estimate of drug-likeness (QED) is 0.289. The summed E-state index contributed by atoms with van der Waals surface area (Å²) in [4.78, 5) is 31.3. The number of carbonyl (C=O) groups excluding carboxylic acids is 1. The van der Waals surface area contributed by atoms with Crippen LogP contribution in [0.15, 0.2) is 60.9 Å². The van der Waals surface area contributed by atoms with E-state index in [1.165, 1.54) is 5.69 Å². The molecule has 2 atom stereocenters. The molecular weight excluding hydrogens is 540 g/mol. The smallest absolute Gasteiger partial charge is 0.240 e. The van der Waals surface area contributed by atoms with E-state index in [1.807, 2.05) is 41.6 Å². The number of nitrogens with zero attached hydrogens (tertiary/aromatic N) is 6. The second kappa shape index (κ2) is 12.3. The van der Waals surface area contributed by atoms with Crippen molar-refractivity contribution in [2.24, 2.45) is 0 Å². The molecule has 1 amide bonds. The first-order valence-electron chi connectivity index (χ1n) is 14.2. The molecule has 6 rings (SSSR count). The van der Waals surface area contributed by atoms with Crippen LogP contribution in [0.1, 0.15) is 31.4 Å². The molecule has 4 aromatic rings. The minimum atomic E-state index is -0.546. The lowest BCUT2D eigenvalue weighted by molar-refractivity contribution is -0.132. The van der Waals surface area contributed by atoms with Crippen molar-refractivity contribution in [2.45, 2.75) is 37.7 Å². The van der Waals surface area contributed by atoms with E-state index in [2.05, 4.69) is 44.4 Å². The van der Waals surface area contributed by atoms with Crippen LogP contribution in [0.25, 0.3) is 11.2 Å². The Morgan fingerprint density at radius 2 is 1.85 bits per heavy atom. The summed E-state index contributed by atoms with van der Waals surface area (Å²) < 4.78 is 7.56. The minimum Gasteiger partial charge on any atom is -0.378 e. The Morgan fingerprint density at radius 3 is 2.61 bits per heavy atom. The highest BCUT2D eigenvalue weighted by atomic mass is 35.5. The molecule has 2 aliphatic heterocycles. The lowest BCUT2D eigenvalue weighted by Gasteiger charge is -2.34. The van der Waals surface area contributed by atoms with Crippen molar-refractivity contribution in [2.75, 3.05) is 54.9 Å². The summed E-state index contributed by atoms with van der Waals surface area (Å²) in [5.74, 6) is 1.10. The number of benzene rings is 2. The Balaban J connectivity index is 1.29. The number of hydrogen-bond donors (Lipinski definition) is 2. The number of anilines is 4. The van der Waals surface area contributed by atoms with Crippen molar-refractivity contribution in [1.29, 1.82) is 0 Å². The molecule has 4 heterocycles. The van der Waals surface area contributed by atoms with Gasteiger partial charge in [-0.05, 0) is 49.6 Å². The maximum Gasteiger partial charge on any atom is 0.240 e. The van der Waals surface area contributed by atoms with E-state index in [9.17, 15) is 4.79 Å². The second-order valence-electron chi connectivity index (χ2n) is 10.5. The van der Waals surface area contributed by atoms with E-state index in [0.717, 1.165) is 56.0 Å². The highest BCUT2D eigenvalue weighted by Gasteiger charge is 2.28. The summed E-state index contributed by atoms with van der Waals surface area (Å²) in [5, 5.41) is 6.32. The monoisotopic (exact) mass is 574 g/mol. The first kappa shape index (κ1) is 27.3. The van der Waals surface area contributed by atoms with Crippen molar-refractivity contribution in [3.05, 3.63) is 66.5 Å². The number of likely N-dealkylation sites (tertiary alicyclic amines) is 1. The molecule has 41 heavy (non-hydrogen) atoms. The lowest BCUT2D eigenvalue weighted by Crippen LogP contribution is -2.43. The number of nitrogens with one attached hydrogen (secondary N) is 2. The lowest BCUT2D eigenvalue weighted by atomic mass is 10.1. The molecule has 11 heteroatoms. The third-order valence-electron chi connectivity index (χ3n) is 7.67. The average Bonchev–Trinajstić information content (AvgIpc) is 3.45. The Bertz CT molecular complexity index is 1470. The number of fused-ring (bicyclic) bond motifs is 1. The Kier molecular flexibility index (Phi) is 8.20. The van der Waals surface area contributed by atoms with Crippen molar-refractivity contribution in [3.63, 3.8) is 0 Å². The van der Waals surface area contributed by atoms with Gasteiger partial charge in [-0.25, -0.2) is 4.98 Å². The van der Waals surface area contributed by atoms with Crippen molar-refractivity contribution in [3.8, 4) is 0 Å². The van der Waals surface area contributed by atoms with Gasteiger partial charge in [-0.3, -0.25) is 4.79 Å². The van der Waals surface area contributed by atoms with E-state index in [-0.39, 0.29) is 11.9 Å². The van der Waals surface area contributed by atoms with Gasteiger partial charge in [-0.15, -0.1) is 11.6 Å². The van der Waals surface area contributed by atoms with E-state index < -0.39 is 5.38 Å². The number of piperidine rings is 1. The number of amides is 1. The standard InChI is InChI=1S/C30H35ClN8O2/c1-21(31)29(40)38-13-5-8-25(19-38)39-20-33-26-27(32-18-22-6-3-2-4-7-22)35-30(36-28(26)39)34-23-9-11-24(12-10-23)37-14-16-41-17-15-37/h2-4,6-7,9-12,20-21,25H,5,8,13-19H2,1H3,(H2,32,34,35,36). The third-order valence-corrected chi connectivity index (χ3v) is 7.85. The molecule has 2 aromatic heterocycles. The molecule has 2 saturated heterocycles. The van der Waals surface area contributed by atoms with Gasteiger partial charge in [0.15, 0.2) is 17.0 Å². The van der Waals surface area contributed by atoms with Gasteiger partial charge in [0.05, 0.1) is 25.6 Å². The summed E-state index contributed by atoms with van der Waals surface area (Å²) in [5.41, 5.74) is 4.63. The van der Waals surface area contributed by atoms with Crippen molar-refractivity contribution < 1.29 is 9.53 Å². The van der Waals surface area contributed by atoms with Crippen LogP contribution in [0, 0.1) is 0 Å². The van der Waals surface area contributed by atoms with Crippen LogP contribution in [0.3, 0.4) is 0 Å². The van der Waals surface area contributed by atoms with Gasteiger partial charge in [0.2, 0.25) is 11.9 Å². The number of carbonyl (C=O) groups is 1. The molecule has 2 aromatic carbocycles. The van der Waals surface area contributed by atoms with Gasteiger partial charge in [0.25, 0.3) is 0 Å². The summed E-state index contributed by atoms with van der Waals surface area (Å²) >= 11 is 6.13. The topological polar surface area (TPSA) is 100 Å². The van der Waals surface area contributed by atoms with Gasteiger partial charge in [-0.2, -0.15) is 9.97 Å². The molecule has 214 valence electrons. The number of morpholine rings is 1. The van der Waals surface area contributed by atoms with E-state index in [4.69, 9.17) is 31.3 Å². The fraction of sp³-hybridized carbons (Fsp3) is 0.400. The fourth-order valence-corrected chi connectivity index (χ4v) is 5.62. The third kappa shape index (κ3) is 6.23. The maximum atomic E-state index is 12.6. The Hall–Kier alpha value is -3.89. The largest absolute Gasteiger partial charge is 0.378 e. The predicted octanol–water partition coefficient (Wildman–Crippen LogP) is 4.81. The zero-order chi connectivity index (χ0) is 28.2. The number of imidazole rings is 1. The van der Waals surface area contributed by atoms with Crippen LogP contribution in [0.4, 0.5) is 23.1 Å². The van der Waals surface area contributed by atoms with Gasteiger partial charge in [0.1, 0.15) is 5.38 Å². The molecule has 2 fully saturated rings. The van der Waals surface area contributed by atoms with E-state index >= 15 is 0 Å². The first-order chi connectivity index (χ1) is 20.0. The zero-order valence-corrected chi connectivity index (χ0v) is 23.9. The van der Waals surface area contributed by atoms with Crippen molar-refractivity contribution in [1.82, 2.24) is 24.4 Å². The fourth-order valence-electron chi connectivity index (χ4n) is 5.48. The van der Waals surface area contributed by atoms with Gasteiger partial charge in [0, 0.05) is 44.1 Å². The first-order valence-corrected chi connectivity index (χ1v) is 14.6. The van der Waals surface area contributed by atoms with Crippen LogP contribution >= 0.6 is 11.6 Å². The summed E-state index contributed by atoms with van der Waals surface area (Å²) in [6.07, 6.45) is 3.63. The number of ether oxygens (including phenoxy) is 1. The number of aromatic nitrogens is 4. The van der Waals surface area contributed by atoms with Crippen LogP contribution in [0.2, 0.25) is 0 Å². The predicted molar refractivity (Wildman–Crippen MR) is 162 cm³/mol. The van der Waals surface area contributed by atoms with Gasteiger partial charge < -0.3 is 29.7 Å². The molecule has 0 aliphatic carbocycles. The molecule has 0 radical (unpaired) electrons. The van der Waals surface area contributed by atoms with E-state index in [0.29, 0.717) is 36.9 Å². The minimum absolute atomic E-state index is 0.0384. The molecule has 0 saturated carbocycles. The molecule has 2 unspecified atom stereocenters. The van der Waals surface area contributed by atoms with Crippen LogP contribution in [-0.4, -0.2) is 75.1 Å². The van der Waals surface area contributed by atoms with Crippen LogP contribution in [-0.2, 0) is 16.1 Å². The molecular formula is C30H35ClN8O2. The normalized spacial score (nSPS) is 18.3. The molecule has 10 nitrogen and oxygen atoms in total. The summed E-state index contributed by atoms with van der Waals surface area (Å²) in [6, 6.07) is 18.5. The molecule has 0 spiro atoms. The number of halogens is 1. The maximum absolute atomic E-state index is 12.6. The number of hydrogen-bond acceptors (Lipinski definition) is 8. The number of rotatable bonds is 8. The van der Waals surface area contributed by atoms with Gasteiger partial charge in [-0.1, -0.05) is 30.3 Å². The van der Waals surface area contributed by atoms with Crippen LogP contribution in [0.5, 0.6) is 0 Å². The zero-order valence-electron chi connectivity index (χ0n) is 23.2. The van der Waals surface area contributed by atoms with Crippen LogP contribution < -0.4 is 15.5 Å². The molecule has 0 bridgehead atoms. The SMILES string of the molecule is CC(Cl)C(=O)N1CCCC(n2cnc3c(NCc4ccccc4)nc(Nc4ccc(N5CCOCC5)cc4)nc32)C1. The highest BCUT2D eigenvalue weighted by molar-refractivity contribution is 6.30. The second-order valence-corrected chi connectivity index (χ2v) is 11.2. The van der Waals surface area contributed by atoms with E-state index in [1.54, 1.807) is 6.92 Å². The van der Waals surface area contributed by atoms with Crippen molar-refractivity contribution >= 4 is 51.8 Å². The molecule has 2 N–H and O–H groups in total. The summed E-state index contributed by atoms with van der Waals surface area (Å²) in [6.45, 7) is 6.89. The Morgan fingerprint density at radius 1 is 1.07 bits per heavy atom. The van der Waals surface area contributed by atoms with Gasteiger partial charge >= 0.3 is 0 Å². The highest BCUT2D eigenvalue weighted by Crippen LogP contribution is 2.30. The Labute approximate surface area is 244 Å². The number of alkyl halides is 1. The average molecular weight is 575 g/mol. The summed E-state index contributed by atoms with van der Waals surface area (Å²) in [7, 11) is 0.